The predicted molar refractivity (Wildman–Crippen MR) is 76.9 cm³/mol. The Bertz CT molecular complexity index is 691. The Morgan fingerprint density at radius 1 is 1.30 bits per heavy atom. The lowest BCUT2D eigenvalue weighted by atomic mass is 10.0. The lowest BCUT2D eigenvalue weighted by Gasteiger charge is -2.11. The van der Waals surface area contributed by atoms with Gasteiger partial charge in [0.05, 0.1) is 12.3 Å². The third-order valence-corrected chi connectivity index (χ3v) is 2.83. The van der Waals surface area contributed by atoms with Crippen molar-refractivity contribution >= 4 is 11.8 Å². The van der Waals surface area contributed by atoms with E-state index >= 15 is 0 Å². The summed E-state index contributed by atoms with van der Waals surface area (Å²) in [6.07, 6.45) is 0. The molecule has 0 saturated carbocycles. The molecule has 2 rings (SSSR count). The molecule has 0 aliphatic heterocycles. The van der Waals surface area contributed by atoms with E-state index in [1.807, 2.05) is 38.1 Å². The van der Waals surface area contributed by atoms with Crippen LogP contribution in [-0.4, -0.2) is 16.6 Å². The van der Waals surface area contributed by atoms with Crippen LogP contribution < -0.4 is 16.2 Å². The highest BCUT2D eigenvalue weighted by Gasteiger charge is 2.14. The highest BCUT2D eigenvalue weighted by Crippen LogP contribution is 2.29. The average Bonchev–Trinajstić information content (AvgIpc) is 2.41. The molecule has 102 valence electrons. The summed E-state index contributed by atoms with van der Waals surface area (Å²) in [6.45, 7) is 4.42. The number of anilines is 2. The van der Waals surface area contributed by atoms with Crippen LogP contribution in [0.15, 0.2) is 18.2 Å². The van der Waals surface area contributed by atoms with E-state index in [4.69, 9.17) is 16.2 Å². The number of benzene rings is 1. The zero-order valence-electron chi connectivity index (χ0n) is 11.3. The fourth-order valence-electron chi connectivity index (χ4n) is 1.87. The number of ether oxygens (including phenoxy) is 1. The maximum atomic E-state index is 9.20. The van der Waals surface area contributed by atoms with Gasteiger partial charge in [-0.2, -0.15) is 10.2 Å². The number of nitrogen functional groups attached to an aromatic ring is 2. The molecule has 0 spiro atoms. The lowest BCUT2D eigenvalue weighted by Crippen LogP contribution is -2.05. The zero-order valence-corrected chi connectivity index (χ0v) is 11.3. The number of hydrogen-bond acceptors (Lipinski definition) is 6. The van der Waals surface area contributed by atoms with E-state index in [0.29, 0.717) is 12.3 Å². The first-order valence-corrected chi connectivity index (χ1v) is 6.13. The largest absolute Gasteiger partial charge is 0.494 e. The van der Waals surface area contributed by atoms with Gasteiger partial charge in [-0.15, -0.1) is 0 Å². The molecule has 2 aromatic rings. The Kier molecular flexibility index (Phi) is 3.71. The molecule has 1 aromatic heterocycles. The first-order chi connectivity index (χ1) is 9.56. The Balaban J connectivity index is 2.63. The van der Waals surface area contributed by atoms with E-state index in [9.17, 15) is 5.26 Å². The summed E-state index contributed by atoms with van der Waals surface area (Å²) in [4.78, 5) is 7.91. The van der Waals surface area contributed by atoms with Crippen molar-refractivity contribution in [1.29, 1.82) is 5.26 Å². The van der Waals surface area contributed by atoms with Crippen LogP contribution in [0.5, 0.6) is 5.75 Å². The minimum absolute atomic E-state index is 0.0371. The van der Waals surface area contributed by atoms with Gasteiger partial charge < -0.3 is 16.2 Å². The van der Waals surface area contributed by atoms with E-state index in [0.717, 1.165) is 16.9 Å². The van der Waals surface area contributed by atoms with Gasteiger partial charge in [-0.1, -0.05) is 12.1 Å². The molecule has 0 unspecified atom stereocenters. The highest BCUT2D eigenvalue weighted by molar-refractivity contribution is 5.74. The molecule has 0 fully saturated rings. The van der Waals surface area contributed by atoms with Crippen molar-refractivity contribution in [1.82, 2.24) is 9.97 Å². The number of nitrogens with two attached hydrogens (primary N) is 2. The lowest BCUT2D eigenvalue weighted by molar-refractivity contribution is 0.338. The minimum atomic E-state index is 0.0371. The molecule has 4 N–H and O–H groups in total. The Labute approximate surface area is 117 Å². The molecule has 0 aliphatic rings. The predicted octanol–water partition coefficient (Wildman–Crippen LogP) is 1.89. The molecule has 0 atom stereocenters. The van der Waals surface area contributed by atoms with Gasteiger partial charge in [-0.3, -0.25) is 0 Å². The van der Waals surface area contributed by atoms with Crippen LogP contribution in [0.25, 0.3) is 11.3 Å². The molecule has 1 heterocycles. The number of hydrogen-bond donors (Lipinski definition) is 2. The molecule has 6 heteroatoms. The van der Waals surface area contributed by atoms with Crippen LogP contribution in [0, 0.1) is 18.3 Å². The van der Waals surface area contributed by atoms with E-state index in [-0.39, 0.29) is 17.3 Å². The minimum Gasteiger partial charge on any atom is -0.494 e. The van der Waals surface area contributed by atoms with Gasteiger partial charge in [0.1, 0.15) is 23.2 Å². The summed E-state index contributed by atoms with van der Waals surface area (Å²) in [5.74, 6) is 0.855. The Morgan fingerprint density at radius 2 is 2.05 bits per heavy atom. The third kappa shape index (κ3) is 2.47. The van der Waals surface area contributed by atoms with E-state index in [1.165, 1.54) is 0 Å². The SMILES string of the molecule is CCOc1cc(-c2nc(N)nc(N)c2C#N)ccc1C. The molecule has 0 aliphatic carbocycles. The van der Waals surface area contributed by atoms with Gasteiger partial charge in [0.25, 0.3) is 0 Å². The maximum Gasteiger partial charge on any atom is 0.222 e. The molecular weight excluding hydrogens is 254 g/mol. The van der Waals surface area contributed by atoms with E-state index in [1.54, 1.807) is 0 Å². The molecule has 0 bridgehead atoms. The zero-order chi connectivity index (χ0) is 14.7. The van der Waals surface area contributed by atoms with Crippen LogP contribution in [0.3, 0.4) is 0 Å². The fraction of sp³-hybridized carbons (Fsp3) is 0.214. The van der Waals surface area contributed by atoms with Crippen molar-refractivity contribution in [3.63, 3.8) is 0 Å². The molecule has 20 heavy (non-hydrogen) atoms. The van der Waals surface area contributed by atoms with Crippen molar-refractivity contribution in [2.75, 3.05) is 18.1 Å². The van der Waals surface area contributed by atoms with Crippen LogP contribution in [-0.2, 0) is 0 Å². The van der Waals surface area contributed by atoms with Gasteiger partial charge in [0, 0.05) is 5.56 Å². The summed E-state index contributed by atoms with van der Waals surface area (Å²) in [7, 11) is 0. The number of aryl methyl sites for hydroxylation is 1. The first kappa shape index (κ1) is 13.6. The molecule has 1 aromatic carbocycles. The molecule has 6 nitrogen and oxygen atoms in total. The fourth-order valence-corrected chi connectivity index (χ4v) is 1.87. The average molecular weight is 269 g/mol. The summed E-state index contributed by atoms with van der Waals surface area (Å²) < 4.78 is 5.54. The molecular formula is C14H15N5O. The summed E-state index contributed by atoms with van der Waals surface area (Å²) in [6, 6.07) is 7.58. The molecule has 0 amide bonds. The van der Waals surface area contributed by atoms with Crippen molar-refractivity contribution in [2.24, 2.45) is 0 Å². The van der Waals surface area contributed by atoms with Gasteiger partial charge in [0.15, 0.2) is 0 Å². The summed E-state index contributed by atoms with van der Waals surface area (Å²) >= 11 is 0. The monoisotopic (exact) mass is 269 g/mol. The number of aromatic nitrogens is 2. The Morgan fingerprint density at radius 3 is 2.70 bits per heavy atom. The molecule has 0 saturated heterocycles. The van der Waals surface area contributed by atoms with Crippen LogP contribution in [0.4, 0.5) is 11.8 Å². The topological polar surface area (TPSA) is 111 Å². The van der Waals surface area contributed by atoms with Crippen LogP contribution in [0.2, 0.25) is 0 Å². The van der Waals surface area contributed by atoms with Gasteiger partial charge in [0.2, 0.25) is 5.95 Å². The highest BCUT2D eigenvalue weighted by atomic mass is 16.5. The van der Waals surface area contributed by atoms with Crippen LogP contribution >= 0.6 is 0 Å². The first-order valence-electron chi connectivity index (χ1n) is 6.13. The normalized spacial score (nSPS) is 10.1. The van der Waals surface area contributed by atoms with Gasteiger partial charge >= 0.3 is 0 Å². The van der Waals surface area contributed by atoms with Crippen molar-refractivity contribution in [3.8, 4) is 23.1 Å². The van der Waals surface area contributed by atoms with Gasteiger partial charge in [-0.25, -0.2) is 4.98 Å². The van der Waals surface area contributed by atoms with Crippen molar-refractivity contribution in [3.05, 3.63) is 29.3 Å². The van der Waals surface area contributed by atoms with Crippen molar-refractivity contribution < 1.29 is 4.74 Å². The van der Waals surface area contributed by atoms with Crippen LogP contribution in [0.1, 0.15) is 18.1 Å². The standard InChI is InChI=1S/C14H15N5O/c1-3-20-11-6-9(5-4-8(11)2)12-10(7-15)13(16)19-14(17)18-12/h4-6H,3H2,1-2H3,(H4,16,17,18,19). The van der Waals surface area contributed by atoms with Gasteiger partial charge in [-0.05, 0) is 25.5 Å². The Hall–Kier alpha value is -2.81. The number of nitrogens with zero attached hydrogens (tertiary/aromatic N) is 3. The molecule has 0 radical (unpaired) electrons. The smallest absolute Gasteiger partial charge is 0.222 e. The van der Waals surface area contributed by atoms with E-state index in [2.05, 4.69) is 9.97 Å². The second-order valence-corrected chi connectivity index (χ2v) is 4.22. The summed E-state index contributed by atoms with van der Waals surface area (Å²) in [5.41, 5.74) is 13.7. The number of nitriles is 1. The quantitative estimate of drug-likeness (QED) is 0.880. The second kappa shape index (κ2) is 5.45. The second-order valence-electron chi connectivity index (χ2n) is 4.22. The number of rotatable bonds is 3. The maximum absolute atomic E-state index is 9.20. The summed E-state index contributed by atoms with van der Waals surface area (Å²) in [5, 5.41) is 9.20. The van der Waals surface area contributed by atoms with E-state index < -0.39 is 0 Å². The third-order valence-electron chi connectivity index (χ3n) is 2.83. The van der Waals surface area contributed by atoms with Crippen molar-refractivity contribution in [2.45, 2.75) is 13.8 Å².